The number of hydrogen-bond acceptors (Lipinski definition) is 4. The molecule has 4 aromatic carbocycles. The Balaban J connectivity index is 0.000000202. The Kier molecular flexibility index (Phi) is 9.65. The lowest BCUT2D eigenvalue weighted by atomic mass is 10.0. The number of benzene rings is 4. The zero-order valence-electron chi connectivity index (χ0n) is 19.9. The molecule has 2 N–H and O–H groups in total. The van der Waals surface area contributed by atoms with Crippen LogP contribution >= 0.6 is 0 Å². The highest BCUT2D eigenvalue weighted by molar-refractivity contribution is 5.75. The smallest absolute Gasteiger partial charge is 0.310 e. The normalized spacial score (nSPS) is 10.9. The van der Waals surface area contributed by atoms with Crippen LogP contribution in [0.4, 0.5) is 0 Å². The second-order valence-corrected chi connectivity index (χ2v) is 8.03. The summed E-state index contributed by atoms with van der Waals surface area (Å²) in [7, 11) is 0. The lowest BCUT2D eigenvalue weighted by Gasteiger charge is -2.09. The van der Waals surface area contributed by atoms with Gasteiger partial charge in [-0.2, -0.15) is 0 Å². The summed E-state index contributed by atoms with van der Waals surface area (Å²) < 4.78 is 11.2. The molecule has 0 bridgehead atoms. The van der Waals surface area contributed by atoms with Crippen molar-refractivity contribution in [1.82, 2.24) is 0 Å². The van der Waals surface area contributed by atoms with Gasteiger partial charge < -0.3 is 19.7 Å². The molecule has 0 saturated heterocycles. The third-order valence-electron chi connectivity index (χ3n) is 5.26. The Hall–Kier alpha value is -4.58. The van der Waals surface area contributed by atoms with Gasteiger partial charge in [0, 0.05) is 0 Å². The predicted octanol–water partition coefficient (Wildman–Crippen LogP) is 6.56. The van der Waals surface area contributed by atoms with Crippen molar-refractivity contribution in [3.63, 3.8) is 0 Å². The van der Waals surface area contributed by atoms with Crippen molar-refractivity contribution in [3.8, 4) is 17.2 Å². The Labute approximate surface area is 210 Å². The third-order valence-corrected chi connectivity index (χ3v) is 5.26. The molecule has 0 radical (unpaired) electrons. The van der Waals surface area contributed by atoms with Crippen LogP contribution in [-0.2, 0) is 22.6 Å². The molecule has 1 unspecified atom stereocenters. The highest BCUT2D eigenvalue weighted by Crippen LogP contribution is 2.21. The van der Waals surface area contributed by atoms with E-state index in [0.29, 0.717) is 12.4 Å². The van der Waals surface area contributed by atoms with E-state index in [1.807, 2.05) is 84.9 Å². The van der Waals surface area contributed by atoms with Crippen molar-refractivity contribution in [3.05, 3.63) is 126 Å². The number of carboxylic acids is 2. The molecule has 0 amide bonds. The number of carbonyl (C=O) groups is 2. The van der Waals surface area contributed by atoms with Gasteiger partial charge in [-0.05, 0) is 60.0 Å². The lowest BCUT2D eigenvalue weighted by molar-refractivity contribution is -0.138. The van der Waals surface area contributed by atoms with Gasteiger partial charge in [-0.15, -0.1) is 0 Å². The van der Waals surface area contributed by atoms with Crippen molar-refractivity contribution >= 4 is 11.9 Å². The minimum Gasteiger partial charge on any atom is -0.489 e. The van der Waals surface area contributed by atoms with E-state index in [-0.39, 0.29) is 6.42 Å². The fourth-order valence-corrected chi connectivity index (χ4v) is 3.20. The summed E-state index contributed by atoms with van der Waals surface area (Å²) in [6.07, 6.45) is 0.0334. The van der Waals surface area contributed by atoms with Crippen molar-refractivity contribution in [1.29, 1.82) is 0 Å². The molecule has 0 aliphatic heterocycles. The van der Waals surface area contributed by atoms with Crippen molar-refractivity contribution in [2.75, 3.05) is 0 Å². The lowest BCUT2D eigenvalue weighted by Crippen LogP contribution is -2.07. The van der Waals surface area contributed by atoms with E-state index in [1.165, 1.54) is 0 Å². The fourth-order valence-electron chi connectivity index (χ4n) is 3.20. The van der Waals surface area contributed by atoms with Gasteiger partial charge in [-0.1, -0.05) is 72.8 Å². The van der Waals surface area contributed by atoms with Crippen LogP contribution in [0, 0.1) is 0 Å². The van der Waals surface area contributed by atoms with E-state index in [0.717, 1.165) is 28.2 Å². The van der Waals surface area contributed by atoms with Crippen LogP contribution in [0.3, 0.4) is 0 Å². The molecule has 184 valence electrons. The second-order valence-electron chi connectivity index (χ2n) is 8.03. The monoisotopic (exact) mass is 484 g/mol. The molecule has 0 aliphatic rings. The Morgan fingerprint density at radius 1 is 0.667 bits per heavy atom. The number of aliphatic carboxylic acids is 2. The summed E-state index contributed by atoms with van der Waals surface area (Å²) in [5.41, 5.74) is 2.58. The van der Waals surface area contributed by atoms with E-state index >= 15 is 0 Å². The minimum atomic E-state index is -0.832. The number of hydrogen-bond donors (Lipinski definition) is 2. The van der Waals surface area contributed by atoms with E-state index in [4.69, 9.17) is 19.7 Å². The number of rotatable bonds is 9. The van der Waals surface area contributed by atoms with E-state index < -0.39 is 17.9 Å². The highest BCUT2D eigenvalue weighted by atomic mass is 16.5. The molecule has 1 atom stereocenters. The molecule has 36 heavy (non-hydrogen) atoms. The Morgan fingerprint density at radius 2 is 1.17 bits per heavy atom. The average molecular weight is 485 g/mol. The quantitative estimate of drug-likeness (QED) is 0.279. The van der Waals surface area contributed by atoms with Gasteiger partial charge in [0.25, 0.3) is 0 Å². The maximum absolute atomic E-state index is 10.9. The van der Waals surface area contributed by atoms with Crippen LogP contribution < -0.4 is 9.47 Å². The van der Waals surface area contributed by atoms with Crippen LogP contribution in [0.5, 0.6) is 17.2 Å². The first-order valence-electron chi connectivity index (χ1n) is 11.4. The summed E-state index contributed by atoms with van der Waals surface area (Å²) >= 11 is 0. The van der Waals surface area contributed by atoms with Crippen LogP contribution in [0.2, 0.25) is 0 Å². The summed E-state index contributed by atoms with van der Waals surface area (Å²) in [5, 5.41) is 17.6. The second kappa shape index (κ2) is 13.3. The average Bonchev–Trinajstić information content (AvgIpc) is 2.90. The molecule has 0 spiro atoms. The third kappa shape index (κ3) is 8.65. The van der Waals surface area contributed by atoms with E-state index in [2.05, 4.69) is 0 Å². The largest absolute Gasteiger partial charge is 0.489 e. The maximum atomic E-state index is 10.9. The molecule has 6 nitrogen and oxygen atoms in total. The molecule has 0 heterocycles. The van der Waals surface area contributed by atoms with Gasteiger partial charge >= 0.3 is 11.9 Å². The molecule has 4 rings (SSSR count). The van der Waals surface area contributed by atoms with Crippen LogP contribution in [0.15, 0.2) is 109 Å². The molecular weight excluding hydrogens is 456 g/mol. The Morgan fingerprint density at radius 3 is 1.69 bits per heavy atom. The molecule has 0 saturated carbocycles. The van der Waals surface area contributed by atoms with E-state index in [9.17, 15) is 9.59 Å². The first-order chi connectivity index (χ1) is 17.4. The van der Waals surface area contributed by atoms with Gasteiger partial charge in [0.05, 0.1) is 12.3 Å². The van der Waals surface area contributed by atoms with Crippen molar-refractivity contribution in [2.24, 2.45) is 0 Å². The fraction of sp³-hybridized carbons (Fsp3) is 0.133. The summed E-state index contributed by atoms with van der Waals surface area (Å²) in [6.45, 7) is 2.16. The summed E-state index contributed by atoms with van der Waals surface area (Å²) in [4.78, 5) is 21.4. The molecule has 0 aliphatic carbocycles. The number of carboxylic acid groups (broad SMARTS) is 2. The van der Waals surface area contributed by atoms with Gasteiger partial charge in [0.1, 0.15) is 23.9 Å². The summed E-state index contributed by atoms with van der Waals surface area (Å²) in [5.74, 6) is 0.161. The summed E-state index contributed by atoms with van der Waals surface area (Å²) in [6, 6.07) is 33.6. The van der Waals surface area contributed by atoms with E-state index in [1.54, 1.807) is 31.2 Å². The first-order valence-corrected chi connectivity index (χ1v) is 11.4. The molecule has 0 aromatic heterocycles. The van der Waals surface area contributed by atoms with Gasteiger partial charge in [0.2, 0.25) is 0 Å². The van der Waals surface area contributed by atoms with Crippen molar-refractivity contribution < 1.29 is 29.3 Å². The van der Waals surface area contributed by atoms with Gasteiger partial charge in [-0.25, -0.2) is 0 Å². The van der Waals surface area contributed by atoms with Crippen LogP contribution in [0.1, 0.15) is 29.5 Å². The Bertz CT molecular complexity index is 1220. The van der Waals surface area contributed by atoms with Crippen LogP contribution in [-0.4, -0.2) is 22.2 Å². The maximum Gasteiger partial charge on any atom is 0.310 e. The first kappa shape index (κ1) is 26.0. The minimum absolute atomic E-state index is 0.0334. The predicted molar refractivity (Wildman–Crippen MR) is 138 cm³/mol. The zero-order valence-corrected chi connectivity index (χ0v) is 19.9. The molecular formula is C30H28O6. The number of para-hydroxylation sites is 2. The topological polar surface area (TPSA) is 93.1 Å². The van der Waals surface area contributed by atoms with Crippen LogP contribution in [0.25, 0.3) is 0 Å². The van der Waals surface area contributed by atoms with Gasteiger partial charge in [-0.3, -0.25) is 9.59 Å². The number of ether oxygens (including phenoxy) is 2. The van der Waals surface area contributed by atoms with Crippen molar-refractivity contribution in [2.45, 2.75) is 25.9 Å². The molecule has 0 fully saturated rings. The zero-order chi connectivity index (χ0) is 25.8. The van der Waals surface area contributed by atoms with Gasteiger partial charge in [0.15, 0.2) is 0 Å². The molecule has 4 aromatic rings. The molecule has 6 heteroatoms. The standard InChI is InChI=1S/C16H16O3.C14H12O3/c1-12(16(17)18)14-9-7-13(8-10-14)11-19-15-5-3-2-4-6-15;15-14(16)10-11-6-8-13(9-7-11)17-12-4-2-1-3-5-12/h2-10,12H,11H2,1H3,(H,17,18);1-9H,10H2,(H,15,16). The highest BCUT2D eigenvalue weighted by Gasteiger charge is 2.12. The SMILES string of the molecule is CC(C(=O)O)c1ccc(COc2ccccc2)cc1.O=C(O)Cc1ccc(Oc2ccccc2)cc1.